The molecule has 0 amide bonds. The number of oxazole rings is 1. The van der Waals surface area contributed by atoms with Crippen LogP contribution in [-0.2, 0) is 12.2 Å². The van der Waals surface area contributed by atoms with Gasteiger partial charge < -0.3 is 9.73 Å². The monoisotopic (exact) mass is 394 g/mol. The fourth-order valence-electron chi connectivity index (χ4n) is 2.52. The lowest BCUT2D eigenvalue weighted by molar-refractivity contribution is 0.573. The predicted molar refractivity (Wildman–Crippen MR) is 110 cm³/mol. The molecule has 7 heteroatoms. The molecule has 0 unspecified atom stereocenters. The molecule has 0 radical (unpaired) electrons. The Balaban J connectivity index is 1.27. The SMILES string of the molecule is c1ccc(CCNc2nnc(SCc3coc(-c4ccccc4)n3)s2)cc1. The lowest BCUT2D eigenvalue weighted by Gasteiger charge is -2.01. The van der Waals surface area contributed by atoms with E-state index in [9.17, 15) is 0 Å². The van der Waals surface area contributed by atoms with Crippen LogP contribution in [0, 0.1) is 0 Å². The zero-order valence-electron chi connectivity index (χ0n) is 14.5. The van der Waals surface area contributed by atoms with E-state index in [1.807, 2.05) is 36.4 Å². The molecule has 4 aromatic rings. The smallest absolute Gasteiger partial charge is 0.226 e. The van der Waals surface area contributed by atoms with Gasteiger partial charge in [-0.2, -0.15) is 0 Å². The standard InChI is InChI=1S/C20H18N4OS2/c1-3-7-15(8-4-1)11-12-21-19-23-24-20(27-19)26-14-17-13-25-18(22-17)16-9-5-2-6-10-16/h1-10,13H,11-12,14H2,(H,21,23). The lowest BCUT2D eigenvalue weighted by atomic mass is 10.2. The van der Waals surface area contributed by atoms with Crippen molar-refractivity contribution in [2.45, 2.75) is 16.5 Å². The van der Waals surface area contributed by atoms with Gasteiger partial charge in [-0.05, 0) is 24.1 Å². The first kappa shape index (κ1) is 17.8. The molecule has 2 aromatic heterocycles. The van der Waals surface area contributed by atoms with Gasteiger partial charge in [-0.15, -0.1) is 10.2 Å². The molecule has 2 aromatic carbocycles. The lowest BCUT2D eigenvalue weighted by Crippen LogP contribution is -2.04. The number of thioether (sulfide) groups is 1. The van der Waals surface area contributed by atoms with Gasteiger partial charge in [0.15, 0.2) is 4.34 Å². The third-order valence-corrected chi connectivity index (χ3v) is 5.90. The molecule has 0 atom stereocenters. The van der Waals surface area contributed by atoms with E-state index in [0.29, 0.717) is 11.6 Å². The van der Waals surface area contributed by atoms with Crippen molar-refractivity contribution in [3.63, 3.8) is 0 Å². The molecule has 4 rings (SSSR count). The Morgan fingerprint density at radius 3 is 2.56 bits per heavy atom. The van der Waals surface area contributed by atoms with Crippen molar-refractivity contribution in [1.82, 2.24) is 15.2 Å². The molecule has 0 aliphatic rings. The van der Waals surface area contributed by atoms with Crippen molar-refractivity contribution in [3.05, 3.63) is 78.2 Å². The van der Waals surface area contributed by atoms with Gasteiger partial charge in [-0.1, -0.05) is 71.6 Å². The van der Waals surface area contributed by atoms with Crippen molar-refractivity contribution in [2.24, 2.45) is 0 Å². The van der Waals surface area contributed by atoms with Gasteiger partial charge in [-0.3, -0.25) is 0 Å². The average molecular weight is 395 g/mol. The van der Waals surface area contributed by atoms with E-state index < -0.39 is 0 Å². The summed E-state index contributed by atoms with van der Waals surface area (Å²) in [6.07, 6.45) is 2.67. The number of rotatable bonds is 8. The highest BCUT2D eigenvalue weighted by atomic mass is 32.2. The van der Waals surface area contributed by atoms with Crippen molar-refractivity contribution in [1.29, 1.82) is 0 Å². The first-order valence-corrected chi connectivity index (χ1v) is 10.4. The number of hydrogen-bond acceptors (Lipinski definition) is 7. The number of anilines is 1. The maximum absolute atomic E-state index is 5.57. The van der Waals surface area contributed by atoms with Crippen LogP contribution >= 0.6 is 23.1 Å². The Morgan fingerprint density at radius 1 is 0.963 bits per heavy atom. The van der Waals surface area contributed by atoms with Gasteiger partial charge in [0, 0.05) is 17.9 Å². The highest BCUT2D eigenvalue weighted by Gasteiger charge is 2.09. The van der Waals surface area contributed by atoms with Crippen molar-refractivity contribution in [3.8, 4) is 11.5 Å². The first-order chi connectivity index (χ1) is 13.4. The molecule has 0 aliphatic carbocycles. The Hall–Kier alpha value is -2.64. The summed E-state index contributed by atoms with van der Waals surface area (Å²) < 4.78 is 6.49. The number of aromatic nitrogens is 3. The van der Waals surface area contributed by atoms with E-state index in [1.165, 1.54) is 5.56 Å². The van der Waals surface area contributed by atoms with E-state index in [-0.39, 0.29) is 0 Å². The molecule has 27 heavy (non-hydrogen) atoms. The number of benzene rings is 2. The van der Waals surface area contributed by atoms with E-state index >= 15 is 0 Å². The second kappa shape index (κ2) is 8.83. The fourth-order valence-corrected chi connectivity index (χ4v) is 4.17. The summed E-state index contributed by atoms with van der Waals surface area (Å²) in [5.74, 6) is 1.35. The van der Waals surface area contributed by atoms with Crippen molar-refractivity contribution < 1.29 is 4.42 Å². The third kappa shape index (κ3) is 4.96. The van der Waals surface area contributed by atoms with Gasteiger partial charge in [0.25, 0.3) is 0 Å². The van der Waals surface area contributed by atoms with Crippen LogP contribution in [0.2, 0.25) is 0 Å². The number of nitrogens with one attached hydrogen (secondary N) is 1. The summed E-state index contributed by atoms with van der Waals surface area (Å²) >= 11 is 3.18. The normalized spacial score (nSPS) is 10.8. The van der Waals surface area contributed by atoms with Crippen LogP contribution in [0.15, 0.2) is 75.7 Å². The molecule has 1 N–H and O–H groups in total. The van der Waals surface area contributed by atoms with E-state index in [1.54, 1.807) is 29.4 Å². The third-order valence-electron chi connectivity index (χ3n) is 3.86. The summed E-state index contributed by atoms with van der Waals surface area (Å²) in [5.41, 5.74) is 3.19. The molecule has 0 saturated carbocycles. The second-order valence-electron chi connectivity index (χ2n) is 5.83. The van der Waals surface area contributed by atoms with Gasteiger partial charge in [-0.25, -0.2) is 4.98 Å². The van der Waals surface area contributed by atoms with Crippen LogP contribution in [0.3, 0.4) is 0 Å². The molecule has 0 saturated heterocycles. The minimum absolute atomic E-state index is 0.645. The summed E-state index contributed by atoms with van der Waals surface area (Å²) in [6.45, 7) is 0.840. The Bertz CT molecular complexity index is 970. The van der Waals surface area contributed by atoms with Crippen LogP contribution < -0.4 is 5.32 Å². The van der Waals surface area contributed by atoms with E-state index in [0.717, 1.165) is 33.7 Å². The Kier molecular flexibility index (Phi) is 5.81. The highest BCUT2D eigenvalue weighted by Crippen LogP contribution is 2.29. The fraction of sp³-hybridized carbons (Fsp3) is 0.150. The molecule has 0 bridgehead atoms. The van der Waals surface area contributed by atoms with E-state index in [2.05, 4.69) is 44.8 Å². The van der Waals surface area contributed by atoms with Crippen LogP contribution in [0.5, 0.6) is 0 Å². The average Bonchev–Trinajstić information content (AvgIpc) is 3.37. The quantitative estimate of drug-likeness (QED) is 0.418. The van der Waals surface area contributed by atoms with Gasteiger partial charge in [0.2, 0.25) is 11.0 Å². The molecule has 0 fully saturated rings. The van der Waals surface area contributed by atoms with Crippen molar-refractivity contribution in [2.75, 3.05) is 11.9 Å². The molecule has 5 nitrogen and oxygen atoms in total. The highest BCUT2D eigenvalue weighted by molar-refractivity contribution is 8.00. The van der Waals surface area contributed by atoms with Crippen LogP contribution in [-0.4, -0.2) is 21.7 Å². The van der Waals surface area contributed by atoms with Gasteiger partial charge in [0.1, 0.15) is 6.26 Å². The predicted octanol–water partition coefficient (Wildman–Crippen LogP) is 5.14. The first-order valence-electron chi connectivity index (χ1n) is 8.61. The van der Waals surface area contributed by atoms with Gasteiger partial charge >= 0.3 is 0 Å². The Labute approximate surface area is 165 Å². The number of hydrogen-bond donors (Lipinski definition) is 1. The molecule has 2 heterocycles. The summed E-state index contributed by atoms with van der Waals surface area (Å²) in [4.78, 5) is 4.54. The van der Waals surface area contributed by atoms with Crippen LogP contribution in [0.4, 0.5) is 5.13 Å². The minimum Gasteiger partial charge on any atom is -0.444 e. The molecule has 0 aliphatic heterocycles. The van der Waals surface area contributed by atoms with Crippen molar-refractivity contribution >= 4 is 28.2 Å². The zero-order chi connectivity index (χ0) is 18.3. The van der Waals surface area contributed by atoms with E-state index in [4.69, 9.17) is 4.42 Å². The molecular formula is C20H18N4OS2. The minimum atomic E-state index is 0.645. The van der Waals surface area contributed by atoms with Gasteiger partial charge in [0.05, 0.1) is 5.69 Å². The zero-order valence-corrected chi connectivity index (χ0v) is 16.2. The molecule has 136 valence electrons. The summed E-state index contributed by atoms with van der Waals surface area (Å²) in [6, 6.07) is 20.3. The molecular weight excluding hydrogens is 376 g/mol. The van der Waals surface area contributed by atoms with Crippen LogP contribution in [0.1, 0.15) is 11.3 Å². The topological polar surface area (TPSA) is 63.8 Å². The largest absolute Gasteiger partial charge is 0.444 e. The molecule has 0 spiro atoms. The Morgan fingerprint density at radius 2 is 1.74 bits per heavy atom. The number of nitrogens with zero attached hydrogens (tertiary/aromatic N) is 3. The maximum atomic E-state index is 5.57. The van der Waals surface area contributed by atoms with Crippen LogP contribution in [0.25, 0.3) is 11.5 Å². The second-order valence-corrected chi connectivity index (χ2v) is 8.03. The summed E-state index contributed by atoms with van der Waals surface area (Å²) in [7, 11) is 0. The maximum Gasteiger partial charge on any atom is 0.226 e. The summed E-state index contributed by atoms with van der Waals surface area (Å²) in [5, 5.41) is 12.6.